The average molecular weight is 470 g/mol. The largest absolute Gasteiger partial charge is 0.382 e. The van der Waals surface area contributed by atoms with Gasteiger partial charge in [-0.1, -0.05) is 39.8 Å². The molecule has 4 nitrogen and oxygen atoms in total. The van der Waals surface area contributed by atoms with Crippen molar-refractivity contribution in [1.82, 2.24) is 10.3 Å². The molecule has 0 unspecified atom stereocenters. The third-order valence-electron chi connectivity index (χ3n) is 7.76. The van der Waals surface area contributed by atoms with Crippen LogP contribution >= 0.6 is 11.3 Å². The maximum absolute atomic E-state index is 5.43. The van der Waals surface area contributed by atoms with E-state index in [1.165, 1.54) is 53.9 Å². The molecule has 1 saturated heterocycles. The number of thiazole rings is 1. The summed E-state index contributed by atoms with van der Waals surface area (Å²) in [5.41, 5.74) is 5.93. The smallest absolute Gasteiger partial charge is 0.185 e. The van der Waals surface area contributed by atoms with Gasteiger partial charge in [-0.25, -0.2) is 4.98 Å². The normalized spacial score (nSPS) is 20.1. The standard InChI is InChI=1S/C28H43N3OS/c1-6-32-18-8-7-15-29-22-11-16-31(17-12-22)26-30-25(20-33-26)21-9-10-23-24(19-21)28(4,5)14-13-27(23,2)3/h9-10,19-20,22,29H,6-8,11-18H2,1-5H3. The van der Waals surface area contributed by atoms with Crippen LogP contribution < -0.4 is 10.2 Å². The number of fused-ring (bicyclic) bond motifs is 1. The molecule has 1 aliphatic carbocycles. The summed E-state index contributed by atoms with van der Waals surface area (Å²) in [7, 11) is 0. The van der Waals surface area contributed by atoms with Crippen molar-refractivity contribution in [3.63, 3.8) is 0 Å². The number of nitrogens with zero attached hydrogens (tertiary/aromatic N) is 2. The Hall–Kier alpha value is -1.43. The number of hydrogen-bond acceptors (Lipinski definition) is 5. The van der Waals surface area contributed by atoms with E-state index in [0.29, 0.717) is 6.04 Å². The van der Waals surface area contributed by atoms with Gasteiger partial charge in [-0.2, -0.15) is 0 Å². The molecule has 0 radical (unpaired) electrons. The average Bonchev–Trinajstić information content (AvgIpc) is 3.30. The zero-order valence-electron chi connectivity index (χ0n) is 21.4. The highest BCUT2D eigenvalue weighted by atomic mass is 32.1. The summed E-state index contributed by atoms with van der Waals surface area (Å²) in [5.74, 6) is 0. The van der Waals surface area contributed by atoms with Crippen LogP contribution in [0.1, 0.15) is 84.3 Å². The summed E-state index contributed by atoms with van der Waals surface area (Å²) >= 11 is 1.80. The minimum atomic E-state index is 0.234. The summed E-state index contributed by atoms with van der Waals surface area (Å²) in [6.07, 6.45) is 7.24. The molecule has 2 aromatic rings. The molecule has 1 N–H and O–H groups in total. The van der Waals surface area contributed by atoms with Crippen LogP contribution in [0.5, 0.6) is 0 Å². The maximum Gasteiger partial charge on any atom is 0.185 e. The third kappa shape index (κ3) is 5.80. The zero-order chi connectivity index (χ0) is 23.5. The second-order valence-electron chi connectivity index (χ2n) is 11.2. The Bertz CT molecular complexity index is 912. The molecular weight excluding hydrogens is 426 g/mol. The van der Waals surface area contributed by atoms with Gasteiger partial charge >= 0.3 is 0 Å². The molecule has 0 amide bonds. The molecule has 0 saturated carbocycles. The number of nitrogens with one attached hydrogen (secondary N) is 1. The van der Waals surface area contributed by atoms with Gasteiger partial charge in [-0.05, 0) is 80.0 Å². The molecule has 4 rings (SSSR count). The molecule has 182 valence electrons. The lowest BCUT2D eigenvalue weighted by Gasteiger charge is -2.42. The maximum atomic E-state index is 5.43. The van der Waals surface area contributed by atoms with Crippen molar-refractivity contribution in [3.8, 4) is 11.3 Å². The van der Waals surface area contributed by atoms with Crippen LogP contribution in [0.4, 0.5) is 5.13 Å². The van der Waals surface area contributed by atoms with Gasteiger partial charge in [0.2, 0.25) is 0 Å². The van der Waals surface area contributed by atoms with Crippen molar-refractivity contribution < 1.29 is 4.74 Å². The van der Waals surface area contributed by atoms with E-state index in [1.807, 2.05) is 0 Å². The number of benzene rings is 1. The van der Waals surface area contributed by atoms with E-state index < -0.39 is 0 Å². The van der Waals surface area contributed by atoms with Gasteiger partial charge in [-0.3, -0.25) is 0 Å². The lowest BCUT2D eigenvalue weighted by Crippen LogP contribution is -2.42. The fraction of sp³-hybridized carbons (Fsp3) is 0.679. The zero-order valence-corrected chi connectivity index (χ0v) is 22.2. The molecule has 5 heteroatoms. The van der Waals surface area contributed by atoms with Crippen molar-refractivity contribution in [2.24, 2.45) is 0 Å². The summed E-state index contributed by atoms with van der Waals surface area (Å²) in [5, 5.41) is 7.17. The molecule has 0 spiro atoms. The van der Waals surface area contributed by atoms with E-state index in [-0.39, 0.29) is 10.8 Å². The molecular formula is C28H43N3OS. The summed E-state index contributed by atoms with van der Waals surface area (Å²) in [6.45, 7) is 16.6. The fourth-order valence-corrected chi connectivity index (χ4v) is 6.23. The number of piperidine rings is 1. The van der Waals surface area contributed by atoms with Crippen LogP contribution in [0.2, 0.25) is 0 Å². The van der Waals surface area contributed by atoms with Crippen molar-refractivity contribution in [3.05, 3.63) is 34.7 Å². The van der Waals surface area contributed by atoms with Gasteiger partial charge in [0.15, 0.2) is 5.13 Å². The van der Waals surface area contributed by atoms with E-state index in [0.717, 1.165) is 45.0 Å². The first kappa shape index (κ1) is 24.7. The summed E-state index contributed by atoms with van der Waals surface area (Å²) in [6, 6.07) is 7.73. The predicted molar refractivity (Wildman–Crippen MR) is 142 cm³/mol. The van der Waals surface area contributed by atoms with Crippen molar-refractivity contribution in [1.29, 1.82) is 0 Å². The van der Waals surface area contributed by atoms with Crippen LogP contribution in [0, 0.1) is 0 Å². The van der Waals surface area contributed by atoms with E-state index in [1.54, 1.807) is 11.3 Å². The van der Waals surface area contributed by atoms with E-state index in [2.05, 4.69) is 68.4 Å². The minimum absolute atomic E-state index is 0.234. The van der Waals surface area contributed by atoms with Crippen LogP contribution in [-0.4, -0.2) is 43.9 Å². The minimum Gasteiger partial charge on any atom is -0.382 e. The number of aromatic nitrogens is 1. The molecule has 1 aromatic heterocycles. The fourth-order valence-electron chi connectivity index (χ4n) is 5.34. The van der Waals surface area contributed by atoms with Crippen LogP contribution in [0.25, 0.3) is 11.3 Å². The third-order valence-corrected chi connectivity index (χ3v) is 8.66. The highest BCUT2D eigenvalue weighted by Gasteiger charge is 2.37. The van der Waals surface area contributed by atoms with Crippen molar-refractivity contribution in [2.45, 2.75) is 90.0 Å². The lowest BCUT2D eigenvalue weighted by molar-refractivity contribution is 0.143. The van der Waals surface area contributed by atoms with E-state index in [9.17, 15) is 0 Å². The molecule has 1 fully saturated rings. The number of anilines is 1. The Kier molecular flexibility index (Phi) is 7.82. The summed E-state index contributed by atoms with van der Waals surface area (Å²) < 4.78 is 5.43. The second kappa shape index (κ2) is 10.5. The Morgan fingerprint density at radius 3 is 2.52 bits per heavy atom. The Morgan fingerprint density at radius 2 is 1.79 bits per heavy atom. The van der Waals surface area contributed by atoms with E-state index in [4.69, 9.17) is 9.72 Å². The number of rotatable bonds is 9. The number of unbranched alkanes of at least 4 members (excludes halogenated alkanes) is 1. The first-order valence-electron chi connectivity index (χ1n) is 13.0. The number of ether oxygens (including phenoxy) is 1. The first-order chi connectivity index (χ1) is 15.8. The highest BCUT2D eigenvalue weighted by Crippen LogP contribution is 2.47. The van der Waals surface area contributed by atoms with Crippen LogP contribution in [0.3, 0.4) is 0 Å². The Labute approximate surface area is 205 Å². The van der Waals surface area contributed by atoms with Crippen molar-refractivity contribution >= 4 is 16.5 Å². The molecule has 33 heavy (non-hydrogen) atoms. The molecule has 0 atom stereocenters. The Balaban J connectivity index is 1.35. The van der Waals surface area contributed by atoms with Crippen LogP contribution in [-0.2, 0) is 15.6 Å². The molecule has 0 bridgehead atoms. The molecule has 2 heterocycles. The van der Waals surface area contributed by atoms with Gasteiger partial charge in [0.05, 0.1) is 5.69 Å². The quantitative estimate of drug-likeness (QED) is 0.423. The summed E-state index contributed by atoms with van der Waals surface area (Å²) in [4.78, 5) is 7.56. The SMILES string of the molecule is CCOCCCCNC1CCN(c2nc(-c3ccc4c(c3)C(C)(C)CCC4(C)C)cs2)CC1. The van der Waals surface area contributed by atoms with Gasteiger partial charge in [0, 0.05) is 43.3 Å². The lowest BCUT2D eigenvalue weighted by atomic mass is 9.63. The monoisotopic (exact) mass is 469 g/mol. The second-order valence-corrected chi connectivity index (χ2v) is 12.0. The van der Waals surface area contributed by atoms with Gasteiger partial charge in [-0.15, -0.1) is 11.3 Å². The molecule has 2 aliphatic rings. The van der Waals surface area contributed by atoms with Crippen molar-refractivity contribution in [2.75, 3.05) is 37.7 Å². The molecule has 1 aliphatic heterocycles. The van der Waals surface area contributed by atoms with Gasteiger partial charge < -0.3 is 15.0 Å². The van der Waals surface area contributed by atoms with Crippen LogP contribution in [0.15, 0.2) is 23.6 Å². The highest BCUT2D eigenvalue weighted by molar-refractivity contribution is 7.14. The van der Waals surface area contributed by atoms with Gasteiger partial charge in [0.1, 0.15) is 0 Å². The topological polar surface area (TPSA) is 37.4 Å². The number of hydrogen-bond donors (Lipinski definition) is 1. The predicted octanol–water partition coefficient (Wildman–Crippen LogP) is 6.53. The Morgan fingerprint density at radius 1 is 1.06 bits per heavy atom. The van der Waals surface area contributed by atoms with Gasteiger partial charge in [0.25, 0.3) is 0 Å². The van der Waals surface area contributed by atoms with E-state index >= 15 is 0 Å². The molecule has 1 aromatic carbocycles. The first-order valence-corrected chi connectivity index (χ1v) is 13.8.